The summed E-state index contributed by atoms with van der Waals surface area (Å²) in [6.07, 6.45) is -3.63. The number of amides is 1. The number of rotatable bonds is 4. The molecule has 1 N–H and O–H groups in total. The summed E-state index contributed by atoms with van der Waals surface area (Å²) < 4.78 is 39.6. The van der Waals surface area contributed by atoms with Crippen LogP contribution in [0.25, 0.3) is 5.69 Å². The monoisotopic (exact) mass is 311 g/mol. The van der Waals surface area contributed by atoms with E-state index in [2.05, 4.69) is 10.4 Å². The van der Waals surface area contributed by atoms with Gasteiger partial charge in [-0.15, -0.1) is 0 Å². The lowest BCUT2D eigenvalue weighted by atomic mass is 10.2. The van der Waals surface area contributed by atoms with Crippen molar-refractivity contribution >= 4 is 5.91 Å². The van der Waals surface area contributed by atoms with Gasteiger partial charge in [-0.3, -0.25) is 4.79 Å². The van der Waals surface area contributed by atoms with E-state index in [4.69, 9.17) is 0 Å². The van der Waals surface area contributed by atoms with Gasteiger partial charge in [-0.25, -0.2) is 4.68 Å². The van der Waals surface area contributed by atoms with E-state index in [-0.39, 0.29) is 17.3 Å². The van der Waals surface area contributed by atoms with Gasteiger partial charge < -0.3 is 5.32 Å². The molecule has 0 unspecified atom stereocenters. The van der Waals surface area contributed by atoms with Crippen molar-refractivity contribution in [3.05, 3.63) is 47.3 Å². The number of hydrogen-bond donors (Lipinski definition) is 1. The van der Waals surface area contributed by atoms with E-state index in [1.165, 1.54) is 16.8 Å². The molecule has 0 bridgehead atoms. The van der Waals surface area contributed by atoms with Crippen LogP contribution in [-0.2, 0) is 6.18 Å². The largest absolute Gasteiger partial charge is 0.416 e. The normalized spacial score (nSPS) is 11.5. The molecule has 1 aromatic carbocycles. The summed E-state index contributed by atoms with van der Waals surface area (Å²) in [7, 11) is 0. The second kappa shape index (κ2) is 6.21. The number of benzene rings is 1. The maximum absolute atomic E-state index is 12.8. The highest BCUT2D eigenvalue weighted by Crippen LogP contribution is 2.30. The molecule has 0 atom stereocenters. The van der Waals surface area contributed by atoms with Crippen LogP contribution >= 0.6 is 0 Å². The Morgan fingerprint density at radius 2 is 2.05 bits per heavy atom. The summed E-state index contributed by atoms with van der Waals surface area (Å²) >= 11 is 0. The van der Waals surface area contributed by atoms with Crippen molar-refractivity contribution in [2.75, 3.05) is 6.54 Å². The molecule has 0 fully saturated rings. The first-order valence-corrected chi connectivity index (χ1v) is 6.85. The molecule has 22 heavy (non-hydrogen) atoms. The predicted octanol–water partition coefficient (Wildman–Crippen LogP) is 3.34. The quantitative estimate of drug-likeness (QED) is 0.941. The Bertz CT molecular complexity index is 677. The minimum Gasteiger partial charge on any atom is -0.351 e. The zero-order valence-electron chi connectivity index (χ0n) is 12.2. The fraction of sp³-hybridized carbons (Fsp3) is 0.333. The lowest BCUT2D eigenvalue weighted by Crippen LogP contribution is -2.24. The Kier molecular flexibility index (Phi) is 4.54. The standard InChI is InChI=1S/C15H16F3N3O/c1-3-7-19-14(22)13-8-10(2)21(20-13)12-6-4-5-11(9-12)15(16,17)18/h4-6,8-9H,3,7H2,1-2H3,(H,19,22). The van der Waals surface area contributed by atoms with Crippen LogP contribution in [0, 0.1) is 6.92 Å². The van der Waals surface area contributed by atoms with Crippen LogP contribution < -0.4 is 5.32 Å². The van der Waals surface area contributed by atoms with Crippen LogP contribution in [0.4, 0.5) is 13.2 Å². The molecule has 7 heteroatoms. The summed E-state index contributed by atoms with van der Waals surface area (Å²) in [5.41, 5.74) is 0.281. The molecule has 0 saturated carbocycles. The van der Waals surface area contributed by atoms with E-state index >= 15 is 0 Å². The fourth-order valence-electron chi connectivity index (χ4n) is 1.99. The zero-order chi connectivity index (χ0) is 16.3. The smallest absolute Gasteiger partial charge is 0.351 e. The molecule has 1 amide bonds. The molecule has 0 spiro atoms. The third-order valence-corrected chi connectivity index (χ3v) is 3.07. The number of alkyl halides is 3. The number of halogens is 3. The average molecular weight is 311 g/mol. The Balaban J connectivity index is 2.34. The lowest BCUT2D eigenvalue weighted by Gasteiger charge is -2.09. The molecule has 2 rings (SSSR count). The van der Waals surface area contributed by atoms with E-state index in [9.17, 15) is 18.0 Å². The van der Waals surface area contributed by atoms with Crippen LogP contribution in [0.5, 0.6) is 0 Å². The van der Waals surface area contributed by atoms with Crippen molar-refractivity contribution in [2.24, 2.45) is 0 Å². The average Bonchev–Trinajstić information content (AvgIpc) is 2.86. The number of nitrogens with zero attached hydrogens (tertiary/aromatic N) is 2. The number of hydrogen-bond acceptors (Lipinski definition) is 2. The molecule has 1 aromatic heterocycles. The Labute approximate surface area is 125 Å². The molecule has 0 aliphatic carbocycles. The van der Waals surface area contributed by atoms with E-state index in [0.717, 1.165) is 18.6 Å². The third-order valence-electron chi connectivity index (χ3n) is 3.07. The van der Waals surface area contributed by atoms with Gasteiger partial charge in [-0.2, -0.15) is 18.3 Å². The highest BCUT2D eigenvalue weighted by Gasteiger charge is 2.30. The summed E-state index contributed by atoms with van der Waals surface area (Å²) in [6, 6.07) is 6.38. The van der Waals surface area contributed by atoms with Crippen molar-refractivity contribution < 1.29 is 18.0 Å². The van der Waals surface area contributed by atoms with Gasteiger partial charge in [0.25, 0.3) is 5.91 Å². The summed E-state index contributed by atoms with van der Waals surface area (Å²) in [6.45, 7) is 4.13. The van der Waals surface area contributed by atoms with Gasteiger partial charge in [0.1, 0.15) is 0 Å². The minimum absolute atomic E-state index is 0.184. The molecule has 4 nitrogen and oxygen atoms in total. The maximum Gasteiger partial charge on any atom is 0.416 e. The van der Waals surface area contributed by atoms with Crippen LogP contribution in [-0.4, -0.2) is 22.2 Å². The van der Waals surface area contributed by atoms with Crippen LogP contribution in [0.1, 0.15) is 35.1 Å². The summed E-state index contributed by atoms with van der Waals surface area (Å²) in [5, 5.41) is 6.77. The molecule has 0 saturated heterocycles. The molecule has 2 aromatic rings. The topological polar surface area (TPSA) is 46.9 Å². The Hall–Kier alpha value is -2.31. The molecule has 118 valence electrons. The zero-order valence-corrected chi connectivity index (χ0v) is 12.2. The number of aryl methyl sites for hydroxylation is 1. The number of aromatic nitrogens is 2. The summed E-state index contributed by atoms with van der Waals surface area (Å²) in [4.78, 5) is 11.9. The molecular weight excluding hydrogens is 295 g/mol. The number of carbonyl (C=O) groups excluding carboxylic acids is 1. The van der Waals surface area contributed by atoms with Gasteiger partial charge >= 0.3 is 6.18 Å². The van der Waals surface area contributed by atoms with Crippen molar-refractivity contribution in [1.29, 1.82) is 0 Å². The van der Waals surface area contributed by atoms with Gasteiger partial charge in [0, 0.05) is 12.2 Å². The maximum atomic E-state index is 12.8. The van der Waals surface area contributed by atoms with E-state index in [0.29, 0.717) is 12.2 Å². The molecule has 1 heterocycles. The van der Waals surface area contributed by atoms with Crippen LogP contribution in [0.2, 0.25) is 0 Å². The fourth-order valence-corrected chi connectivity index (χ4v) is 1.99. The van der Waals surface area contributed by atoms with Gasteiger partial charge in [0.05, 0.1) is 11.3 Å². The first-order chi connectivity index (χ1) is 10.3. The Morgan fingerprint density at radius 3 is 2.68 bits per heavy atom. The van der Waals surface area contributed by atoms with Gasteiger partial charge in [-0.1, -0.05) is 13.0 Å². The Morgan fingerprint density at radius 1 is 1.32 bits per heavy atom. The predicted molar refractivity (Wildman–Crippen MR) is 75.9 cm³/mol. The first-order valence-electron chi connectivity index (χ1n) is 6.85. The second-order valence-electron chi connectivity index (χ2n) is 4.89. The second-order valence-corrected chi connectivity index (χ2v) is 4.89. The lowest BCUT2D eigenvalue weighted by molar-refractivity contribution is -0.137. The van der Waals surface area contributed by atoms with Gasteiger partial charge in [0.15, 0.2) is 5.69 Å². The van der Waals surface area contributed by atoms with Crippen molar-refractivity contribution in [2.45, 2.75) is 26.4 Å². The SMILES string of the molecule is CCCNC(=O)c1cc(C)n(-c2cccc(C(F)(F)F)c2)n1. The van der Waals surface area contributed by atoms with Crippen molar-refractivity contribution in [3.63, 3.8) is 0 Å². The molecule has 0 aliphatic heterocycles. The summed E-state index contributed by atoms with van der Waals surface area (Å²) in [5.74, 6) is -0.337. The van der Waals surface area contributed by atoms with Crippen molar-refractivity contribution in [1.82, 2.24) is 15.1 Å². The number of nitrogens with one attached hydrogen (secondary N) is 1. The third kappa shape index (κ3) is 3.47. The van der Waals surface area contributed by atoms with Crippen LogP contribution in [0.15, 0.2) is 30.3 Å². The van der Waals surface area contributed by atoms with Crippen molar-refractivity contribution in [3.8, 4) is 5.69 Å². The highest BCUT2D eigenvalue weighted by molar-refractivity contribution is 5.92. The van der Waals surface area contributed by atoms with Gasteiger partial charge in [0.2, 0.25) is 0 Å². The first kappa shape index (κ1) is 16.1. The van der Waals surface area contributed by atoms with Gasteiger partial charge in [-0.05, 0) is 37.6 Å². The molecule has 0 radical (unpaired) electrons. The van der Waals surface area contributed by atoms with E-state index < -0.39 is 11.7 Å². The van der Waals surface area contributed by atoms with Crippen LogP contribution in [0.3, 0.4) is 0 Å². The van der Waals surface area contributed by atoms with E-state index in [1.54, 1.807) is 13.0 Å². The minimum atomic E-state index is -4.42. The molecule has 0 aliphatic rings. The van der Waals surface area contributed by atoms with E-state index in [1.807, 2.05) is 6.92 Å². The highest BCUT2D eigenvalue weighted by atomic mass is 19.4. The number of carbonyl (C=O) groups is 1. The molecular formula is C15H16F3N3O.